The molecule has 0 aliphatic rings. The third kappa shape index (κ3) is 4.42. The zero-order valence-electron chi connectivity index (χ0n) is 17.6. The van der Waals surface area contributed by atoms with Gasteiger partial charge in [0.1, 0.15) is 18.3 Å². The van der Waals surface area contributed by atoms with Crippen LogP contribution in [0.2, 0.25) is 0 Å². The summed E-state index contributed by atoms with van der Waals surface area (Å²) in [4.78, 5) is 34.0. The molecule has 166 valence electrons. The Kier molecular flexibility index (Phi) is 5.74. The Balaban J connectivity index is 1.23. The van der Waals surface area contributed by atoms with Crippen LogP contribution in [0.5, 0.6) is 0 Å². The number of hydrogen-bond donors (Lipinski definition) is 1. The zero-order chi connectivity index (χ0) is 22.8. The molecule has 3 heterocycles. The molecule has 2 aromatic carbocycles. The second kappa shape index (κ2) is 8.99. The van der Waals surface area contributed by atoms with E-state index in [1.807, 2.05) is 53.1 Å². The summed E-state index contributed by atoms with van der Waals surface area (Å²) in [6.07, 6.45) is 4.73. The minimum Gasteiger partial charge on any atom is -0.353 e. The van der Waals surface area contributed by atoms with E-state index in [2.05, 4.69) is 36.3 Å². The SMILES string of the molecule is O=C(Cn1cnc2ccccc21)NCCn1ncc2c(=O)n(Cc3ccc(Br)cc3)cnc21. The van der Waals surface area contributed by atoms with Gasteiger partial charge in [0, 0.05) is 11.0 Å². The highest BCUT2D eigenvalue weighted by Gasteiger charge is 2.11. The van der Waals surface area contributed by atoms with Gasteiger partial charge in [-0.3, -0.25) is 14.2 Å². The van der Waals surface area contributed by atoms with Crippen molar-refractivity contribution in [3.05, 3.63) is 87.8 Å². The van der Waals surface area contributed by atoms with E-state index in [-0.39, 0.29) is 18.0 Å². The first kappa shape index (κ1) is 21.1. The molecule has 5 rings (SSSR count). The van der Waals surface area contributed by atoms with Gasteiger partial charge in [-0.2, -0.15) is 5.10 Å². The number of carbonyl (C=O) groups excluding carboxylic acids is 1. The smallest absolute Gasteiger partial charge is 0.264 e. The van der Waals surface area contributed by atoms with E-state index in [0.717, 1.165) is 21.1 Å². The van der Waals surface area contributed by atoms with Crippen LogP contribution in [0.3, 0.4) is 0 Å². The first-order valence-corrected chi connectivity index (χ1v) is 11.2. The normalized spacial score (nSPS) is 11.3. The highest BCUT2D eigenvalue weighted by atomic mass is 79.9. The lowest BCUT2D eigenvalue weighted by Gasteiger charge is -2.08. The summed E-state index contributed by atoms with van der Waals surface area (Å²) >= 11 is 3.41. The summed E-state index contributed by atoms with van der Waals surface area (Å²) in [6, 6.07) is 15.5. The Labute approximate surface area is 196 Å². The van der Waals surface area contributed by atoms with Crippen molar-refractivity contribution in [2.45, 2.75) is 19.6 Å². The van der Waals surface area contributed by atoms with Crippen molar-refractivity contribution in [2.75, 3.05) is 6.54 Å². The van der Waals surface area contributed by atoms with E-state index in [9.17, 15) is 9.59 Å². The van der Waals surface area contributed by atoms with Gasteiger partial charge in [0.2, 0.25) is 5.91 Å². The Morgan fingerprint density at radius 1 is 1.00 bits per heavy atom. The van der Waals surface area contributed by atoms with Crippen LogP contribution in [-0.2, 0) is 24.4 Å². The molecule has 33 heavy (non-hydrogen) atoms. The van der Waals surface area contributed by atoms with Crippen molar-refractivity contribution in [3.63, 3.8) is 0 Å². The fourth-order valence-electron chi connectivity index (χ4n) is 3.71. The van der Waals surface area contributed by atoms with E-state index in [1.54, 1.807) is 15.6 Å². The molecule has 5 aromatic rings. The van der Waals surface area contributed by atoms with Crippen LogP contribution in [0.4, 0.5) is 0 Å². The molecule has 0 spiro atoms. The number of aromatic nitrogens is 6. The largest absolute Gasteiger partial charge is 0.353 e. The van der Waals surface area contributed by atoms with Crippen LogP contribution < -0.4 is 10.9 Å². The van der Waals surface area contributed by atoms with E-state index >= 15 is 0 Å². The summed E-state index contributed by atoms with van der Waals surface area (Å²) < 4.78 is 5.99. The predicted octanol–water partition coefficient (Wildman–Crippen LogP) is 2.57. The number of nitrogens with one attached hydrogen (secondary N) is 1. The molecular weight excluding hydrogens is 486 g/mol. The predicted molar refractivity (Wildman–Crippen MR) is 128 cm³/mol. The first-order valence-electron chi connectivity index (χ1n) is 10.4. The second-order valence-corrected chi connectivity index (χ2v) is 8.54. The molecule has 0 radical (unpaired) electrons. The first-order chi connectivity index (χ1) is 16.1. The lowest BCUT2D eigenvalue weighted by molar-refractivity contribution is -0.121. The summed E-state index contributed by atoms with van der Waals surface area (Å²) in [5.41, 5.74) is 3.12. The quantitative estimate of drug-likeness (QED) is 0.366. The molecule has 0 fully saturated rings. The van der Waals surface area contributed by atoms with Crippen molar-refractivity contribution in [1.29, 1.82) is 0 Å². The van der Waals surface area contributed by atoms with Crippen LogP contribution >= 0.6 is 15.9 Å². The minimum atomic E-state index is -0.148. The molecule has 9 nitrogen and oxygen atoms in total. The van der Waals surface area contributed by atoms with E-state index in [1.165, 1.54) is 12.5 Å². The fourth-order valence-corrected chi connectivity index (χ4v) is 3.97. The molecule has 0 saturated heterocycles. The van der Waals surface area contributed by atoms with E-state index in [4.69, 9.17) is 0 Å². The average molecular weight is 506 g/mol. The highest BCUT2D eigenvalue weighted by Crippen LogP contribution is 2.13. The molecule has 0 aliphatic heterocycles. The number of halogens is 1. The van der Waals surface area contributed by atoms with Gasteiger partial charge in [0.05, 0.1) is 36.6 Å². The number of nitrogens with zero attached hydrogens (tertiary/aromatic N) is 6. The molecule has 1 amide bonds. The number of amides is 1. The van der Waals surface area contributed by atoms with E-state index < -0.39 is 0 Å². The van der Waals surface area contributed by atoms with Crippen molar-refractivity contribution >= 4 is 43.9 Å². The number of benzene rings is 2. The van der Waals surface area contributed by atoms with Crippen LogP contribution in [0.1, 0.15) is 5.56 Å². The summed E-state index contributed by atoms with van der Waals surface area (Å²) in [7, 11) is 0. The molecule has 0 saturated carbocycles. The molecular formula is C23H20BrN7O2. The summed E-state index contributed by atoms with van der Waals surface area (Å²) in [6.45, 7) is 1.38. The van der Waals surface area contributed by atoms with Gasteiger partial charge in [-0.1, -0.05) is 40.2 Å². The van der Waals surface area contributed by atoms with E-state index in [0.29, 0.717) is 30.7 Å². The molecule has 0 aliphatic carbocycles. The lowest BCUT2D eigenvalue weighted by Crippen LogP contribution is -2.30. The molecule has 3 aromatic heterocycles. The fraction of sp³-hybridized carbons (Fsp3) is 0.174. The maximum absolute atomic E-state index is 12.9. The van der Waals surface area contributed by atoms with Crippen molar-refractivity contribution < 1.29 is 4.79 Å². The van der Waals surface area contributed by atoms with Gasteiger partial charge in [0.15, 0.2) is 5.65 Å². The number of fused-ring (bicyclic) bond motifs is 2. The van der Waals surface area contributed by atoms with Crippen LogP contribution in [0.25, 0.3) is 22.1 Å². The van der Waals surface area contributed by atoms with Gasteiger partial charge in [0.25, 0.3) is 5.56 Å². The van der Waals surface area contributed by atoms with Crippen LogP contribution in [0.15, 0.2) is 76.6 Å². The molecule has 10 heteroatoms. The van der Waals surface area contributed by atoms with Gasteiger partial charge in [-0.15, -0.1) is 0 Å². The molecule has 1 N–H and O–H groups in total. The second-order valence-electron chi connectivity index (χ2n) is 7.62. The third-order valence-electron chi connectivity index (χ3n) is 5.38. The zero-order valence-corrected chi connectivity index (χ0v) is 19.1. The Morgan fingerprint density at radius 3 is 2.64 bits per heavy atom. The Morgan fingerprint density at radius 2 is 1.79 bits per heavy atom. The Bertz CT molecular complexity index is 1500. The van der Waals surface area contributed by atoms with Crippen molar-refractivity contribution in [3.8, 4) is 0 Å². The standard InChI is InChI=1S/C23H20BrN7O2/c24-17-7-5-16(6-8-17)12-30-15-27-22-18(23(30)33)11-28-31(22)10-9-25-21(32)13-29-14-26-19-3-1-2-4-20(19)29/h1-8,11,14-15H,9-10,12-13H2,(H,25,32). The van der Waals surface area contributed by atoms with Crippen molar-refractivity contribution in [1.82, 2.24) is 34.2 Å². The van der Waals surface area contributed by atoms with Crippen LogP contribution in [-0.4, -0.2) is 41.3 Å². The number of carbonyl (C=O) groups is 1. The number of imidazole rings is 1. The minimum absolute atomic E-state index is 0.126. The van der Waals surface area contributed by atoms with Gasteiger partial charge >= 0.3 is 0 Å². The monoisotopic (exact) mass is 505 g/mol. The van der Waals surface area contributed by atoms with Gasteiger partial charge in [-0.25, -0.2) is 14.6 Å². The maximum atomic E-state index is 12.9. The molecule has 0 bridgehead atoms. The molecule has 0 unspecified atom stereocenters. The lowest BCUT2D eigenvalue weighted by atomic mass is 10.2. The average Bonchev–Trinajstić information content (AvgIpc) is 3.42. The number of hydrogen-bond acceptors (Lipinski definition) is 5. The number of rotatable bonds is 7. The highest BCUT2D eigenvalue weighted by molar-refractivity contribution is 9.10. The van der Waals surface area contributed by atoms with Gasteiger partial charge < -0.3 is 9.88 Å². The molecule has 0 atom stereocenters. The topological polar surface area (TPSA) is 99.6 Å². The summed E-state index contributed by atoms with van der Waals surface area (Å²) in [5.74, 6) is -0.126. The van der Waals surface area contributed by atoms with Gasteiger partial charge in [-0.05, 0) is 29.8 Å². The number of para-hydroxylation sites is 2. The third-order valence-corrected chi connectivity index (χ3v) is 5.90. The maximum Gasteiger partial charge on any atom is 0.264 e. The summed E-state index contributed by atoms with van der Waals surface area (Å²) in [5, 5.41) is 7.64. The van der Waals surface area contributed by atoms with Crippen LogP contribution in [0, 0.1) is 0 Å². The van der Waals surface area contributed by atoms with Crippen molar-refractivity contribution in [2.24, 2.45) is 0 Å². The Hall–Kier alpha value is -3.79.